The fourth-order valence-corrected chi connectivity index (χ4v) is 2.10. The molecule has 2 aromatic rings. The number of hydrogen-bond donors (Lipinski definition) is 1. The van der Waals surface area contributed by atoms with E-state index in [0.717, 1.165) is 5.56 Å². The molecule has 1 aromatic heterocycles. The van der Waals surface area contributed by atoms with E-state index in [4.69, 9.17) is 9.26 Å². The van der Waals surface area contributed by atoms with Gasteiger partial charge in [-0.15, -0.1) is 0 Å². The fourth-order valence-electron chi connectivity index (χ4n) is 2.10. The van der Waals surface area contributed by atoms with Gasteiger partial charge in [0.25, 0.3) is 5.91 Å². The molecule has 0 fully saturated rings. The van der Waals surface area contributed by atoms with Gasteiger partial charge < -0.3 is 19.5 Å². The van der Waals surface area contributed by atoms with Gasteiger partial charge in [-0.25, -0.2) is 4.79 Å². The van der Waals surface area contributed by atoms with Crippen LogP contribution in [0.2, 0.25) is 0 Å². The second kappa shape index (κ2) is 7.38. The van der Waals surface area contributed by atoms with Crippen molar-refractivity contribution in [2.24, 2.45) is 0 Å². The number of para-hydroxylation sites is 1. The van der Waals surface area contributed by atoms with Gasteiger partial charge in [0.2, 0.25) is 0 Å². The molecule has 1 heterocycles. The molecule has 0 unspecified atom stereocenters. The number of aryl methyl sites for hydroxylation is 1. The topological polar surface area (TPSA) is 84.7 Å². The van der Waals surface area contributed by atoms with E-state index in [1.54, 1.807) is 32.2 Å². The summed E-state index contributed by atoms with van der Waals surface area (Å²) >= 11 is 0. The third-order valence-corrected chi connectivity index (χ3v) is 3.24. The van der Waals surface area contributed by atoms with Gasteiger partial charge >= 0.3 is 6.09 Å². The summed E-state index contributed by atoms with van der Waals surface area (Å²) in [6.07, 6.45) is -0.430. The summed E-state index contributed by atoms with van der Waals surface area (Å²) in [5.74, 6) is 0.187. The van der Waals surface area contributed by atoms with E-state index in [2.05, 4.69) is 10.5 Å². The van der Waals surface area contributed by atoms with Gasteiger partial charge in [0.15, 0.2) is 5.69 Å². The fraction of sp³-hybridized carbons (Fsp3) is 0.389. The smallest absolute Gasteiger partial charge is 0.410 e. The van der Waals surface area contributed by atoms with Crippen molar-refractivity contribution in [3.8, 4) is 0 Å². The Kier molecular flexibility index (Phi) is 5.46. The second-order valence-electron chi connectivity index (χ2n) is 6.77. The van der Waals surface area contributed by atoms with Crippen LogP contribution in [0.4, 0.5) is 10.5 Å². The molecule has 0 radical (unpaired) electrons. The lowest BCUT2D eigenvalue weighted by Gasteiger charge is -2.25. The predicted molar refractivity (Wildman–Crippen MR) is 93.3 cm³/mol. The summed E-state index contributed by atoms with van der Waals surface area (Å²) in [4.78, 5) is 25.8. The van der Waals surface area contributed by atoms with Gasteiger partial charge in [0.05, 0.1) is 6.54 Å². The summed E-state index contributed by atoms with van der Waals surface area (Å²) < 4.78 is 10.3. The Morgan fingerprint density at radius 1 is 1.28 bits per heavy atom. The van der Waals surface area contributed by atoms with Crippen molar-refractivity contribution in [2.45, 2.75) is 39.8 Å². The number of rotatable bonds is 4. The molecule has 0 saturated heterocycles. The zero-order valence-corrected chi connectivity index (χ0v) is 15.1. The second-order valence-corrected chi connectivity index (χ2v) is 6.77. The van der Waals surface area contributed by atoms with Crippen molar-refractivity contribution in [1.82, 2.24) is 10.1 Å². The van der Waals surface area contributed by atoms with Crippen molar-refractivity contribution < 1.29 is 18.8 Å². The molecule has 2 rings (SSSR count). The normalized spacial score (nSPS) is 11.1. The zero-order chi connectivity index (χ0) is 18.6. The van der Waals surface area contributed by atoms with Crippen molar-refractivity contribution >= 4 is 17.7 Å². The van der Waals surface area contributed by atoms with E-state index >= 15 is 0 Å². The number of amides is 2. The first-order valence-corrected chi connectivity index (χ1v) is 7.92. The molecule has 0 aliphatic carbocycles. The van der Waals surface area contributed by atoms with E-state index in [1.165, 1.54) is 4.90 Å². The molecule has 1 N–H and O–H groups in total. The third-order valence-electron chi connectivity index (χ3n) is 3.24. The Hall–Kier alpha value is -2.83. The molecule has 0 spiro atoms. The first-order valence-electron chi connectivity index (χ1n) is 7.92. The minimum Gasteiger partial charge on any atom is -0.444 e. The molecule has 134 valence electrons. The molecule has 0 aliphatic rings. The molecule has 7 heteroatoms. The minimum atomic E-state index is -0.566. The van der Waals surface area contributed by atoms with Crippen LogP contribution in [0.15, 0.2) is 34.9 Å². The average molecular weight is 345 g/mol. The highest BCUT2D eigenvalue weighted by Gasteiger charge is 2.21. The maximum atomic E-state index is 12.2. The van der Waals surface area contributed by atoms with Crippen molar-refractivity contribution in [3.05, 3.63) is 47.3 Å². The largest absolute Gasteiger partial charge is 0.444 e. The van der Waals surface area contributed by atoms with Gasteiger partial charge in [0.1, 0.15) is 11.4 Å². The number of nitrogens with one attached hydrogen (secondary N) is 1. The zero-order valence-electron chi connectivity index (χ0n) is 15.1. The van der Waals surface area contributed by atoms with E-state index in [1.807, 2.05) is 32.9 Å². The highest BCUT2D eigenvalue weighted by Crippen LogP contribution is 2.19. The van der Waals surface area contributed by atoms with Gasteiger partial charge in [-0.3, -0.25) is 4.79 Å². The molecule has 0 atom stereocenters. The van der Waals surface area contributed by atoms with Crippen LogP contribution >= 0.6 is 0 Å². The van der Waals surface area contributed by atoms with Gasteiger partial charge in [0, 0.05) is 18.8 Å². The van der Waals surface area contributed by atoms with Crippen LogP contribution in [0.25, 0.3) is 0 Å². The molecule has 1 aromatic carbocycles. The molecule has 0 bridgehead atoms. The summed E-state index contributed by atoms with van der Waals surface area (Å²) in [5.41, 5.74) is 1.02. The van der Waals surface area contributed by atoms with Crippen molar-refractivity contribution in [3.63, 3.8) is 0 Å². The van der Waals surface area contributed by atoms with Crippen molar-refractivity contribution in [1.29, 1.82) is 0 Å². The van der Waals surface area contributed by atoms with Crippen LogP contribution in [0.3, 0.4) is 0 Å². The highest BCUT2D eigenvalue weighted by molar-refractivity contribution is 6.03. The SMILES string of the molecule is Cc1cc(C(=O)Nc2ccccc2CN(C)C(=O)OC(C)(C)C)no1. The number of benzene rings is 1. The van der Waals surface area contributed by atoms with Gasteiger partial charge in [-0.05, 0) is 39.3 Å². The summed E-state index contributed by atoms with van der Waals surface area (Å²) in [6, 6.07) is 8.81. The molecule has 2 amide bonds. The first-order chi connectivity index (χ1) is 11.7. The molecule has 7 nitrogen and oxygen atoms in total. The quantitative estimate of drug-likeness (QED) is 0.915. The number of anilines is 1. The van der Waals surface area contributed by atoms with Crippen molar-refractivity contribution in [2.75, 3.05) is 12.4 Å². The number of aromatic nitrogens is 1. The Morgan fingerprint density at radius 2 is 1.96 bits per heavy atom. The summed E-state index contributed by atoms with van der Waals surface area (Å²) in [6.45, 7) is 7.45. The molecule has 0 aliphatic heterocycles. The van der Waals surface area contributed by atoms with E-state index in [9.17, 15) is 9.59 Å². The molecular formula is C18H23N3O4. The van der Waals surface area contributed by atoms with Gasteiger partial charge in [-0.1, -0.05) is 23.4 Å². The van der Waals surface area contributed by atoms with Crippen LogP contribution < -0.4 is 5.32 Å². The average Bonchev–Trinajstić information content (AvgIpc) is 2.94. The lowest BCUT2D eigenvalue weighted by Crippen LogP contribution is -2.34. The third kappa shape index (κ3) is 5.34. The number of carbonyl (C=O) groups is 2. The lowest BCUT2D eigenvalue weighted by atomic mass is 10.1. The molecular weight excluding hydrogens is 322 g/mol. The molecule has 25 heavy (non-hydrogen) atoms. The maximum absolute atomic E-state index is 12.2. The number of nitrogens with zero attached hydrogens (tertiary/aromatic N) is 2. The van der Waals surface area contributed by atoms with E-state index in [0.29, 0.717) is 18.0 Å². The summed E-state index contributed by atoms with van der Waals surface area (Å²) in [7, 11) is 1.65. The summed E-state index contributed by atoms with van der Waals surface area (Å²) in [5, 5.41) is 6.49. The van der Waals surface area contributed by atoms with Crippen LogP contribution in [-0.4, -0.2) is 34.7 Å². The number of ether oxygens (including phenoxy) is 1. The predicted octanol–water partition coefficient (Wildman–Crippen LogP) is 3.60. The Balaban J connectivity index is 2.10. The Bertz CT molecular complexity index is 762. The Morgan fingerprint density at radius 3 is 2.56 bits per heavy atom. The first kappa shape index (κ1) is 18.5. The monoisotopic (exact) mass is 345 g/mol. The minimum absolute atomic E-state index is 0.202. The number of carbonyl (C=O) groups excluding carboxylic acids is 2. The molecule has 0 saturated carbocycles. The standard InChI is InChI=1S/C18H23N3O4/c1-12-10-15(20-25-12)16(22)19-14-9-7-6-8-13(14)11-21(5)17(23)24-18(2,3)4/h6-10H,11H2,1-5H3,(H,19,22). The van der Waals surface area contributed by atoms with Crippen LogP contribution in [0.5, 0.6) is 0 Å². The van der Waals surface area contributed by atoms with Crippen LogP contribution in [0, 0.1) is 6.92 Å². The Labute approximate surface area is 146 Å². The van der Waals surface area contributed by atoms with Crippen LogP contribution in [0.1, 0.15) is 42.6 Å². The van der Waals surface area contributed by atoms with Crippen LogP contribution in [-0.2, 0) is 11.3 Å². The van der Waals surface area contributed by atoms with Gasteiger partial charge in [-0.2, -0.15) is 0 Å². The maximum Gasteiger partial charge on any atom is 0.410 e. The van der Waals surface area contributed by atoms with E-state index in [-0.39, 0.29) is 11.6 Å². The lowest BCUT2D eigenvalue weighted by molar-refractivity contribution is 0.0285. The number of hydrogen-bond acceptors (Lipinski definition) is 5. The highest BCUT2D eigenvalue weighted by atomic mass is 16.6. The van der Waals surface area contributed by atoms with E-state index < -0.39 is 11.7 Å².